The molecule has 0 unspecified atom stereocenters. The first kappa shape index (κ1) is 24.6. The van der Waals surface area contributed by atoms with Crippen molar-refractivity contribution in [1.82, 2.24) is 0 Å². The van der Waals surface area contributed by atoms with Crippen molar-refractivity contribution in [2.75, 3.05) is 13.2 Å². The molecule has 180 valence electrons. The van der Waals surface area contributed by atoms with Crippen LogP contribution in [0.1, 0.15) is 25.8 Å². The third kappa shape index (κ3) is 6.50. The van der Waals surface area contributed by atoms with Crippen LogP contribution in [0.4, 0.5) is 18.0 Å². The van der Waals surface area contributed by atoms with E-state index in [0.29, 0.717) is 24.5 Å². The Kier molecular flexibility index (Phi) is 7.36. The van der Waals surface area contributed by atoms with Crippen LogP contribution in [0.15, 0.2) is 36.4 Å². The van der Waals surface area contributed by atoms with Crippen LogP contribution in [-0.2, 0) is 11.2 Å². The highest BCUT2D eigenvalue weighted by molar-refractivity contribution is 6.32. The molecule has 1 aliphatic heterocycles. The van der Waals surface area contributed by atoms with Crippen molar-refractivity contribution in [3.05, 3.63) is 47.0 Å². The van der Waals surface area contributed by atoms with E-state index in [4.69, 9.17) is 35.7 Å². The second-order valence-corrected chi connectivity index (χ2v) is 7.98. The van der Waals surface area contributed by atoms with Gasteiger partial charge in [-0.05, 0) is 30.3 Å². The Morgan fingerprint density at radius 1 is 1.15 bits per heavy atom. The number of hydrogen-bond acceptors (Lipinski definition) is 6. The van der Waals surface area contributed by atoms with Gasteiger partial charge in [-0.15, -0.1) is 13.2 Å². The molecule has 1 N–H and O–H groups in total. The Bertz CT molecular complexity index is 996. The lowest BCUT2D eigenvalue weighted by Gasteiger charge is -2.30. The zero-order valence-corrected chi connectivity index (χ0v) is 18.5. The second kappa shape index (κ2) is 9.86. The monoisotopic (exact) mass is 490 g/mol. The molecular formula is C22H22ClF3O7. The molecule has 7 nitrogen and oxygen atoms in total. The highest BCUT2D eigenvalue weighted by Crippen LogP contribution is 2.41. The quantitative estimate of drug-likeness (QED) is 0.337. The van der Waals surface area contributed by atoms with Crippen LogP contribution in [0.5, 0.6) is 23.0 Å². The normalized spacial score (nSPS) is 17.3. The molecule has 1 atom stereocenters. The molecular weight excluding hydrogens is 469 g/mol. The van der Waals surface area contributed by atoms with Gasteiger partial charge in [-0.1, -0.05) is 25.4 Å². The van der Waals surface area contributed by atoms with Gasteiger partial charge in [0.1, 0.15) is 23.0 Å². The van der Waals surface area contributed by atoms with E-state index in [9.17, 15) is 18.0 Å². The van der Waals surface area contributed by atoms with E-state index in [2.05, 4.69) is 4.74 Å². The van der Waals surface area contributed by atoms with Crippen LogP contribution in [-0.4, -0.2) is 36.6 Å². The van der Waals surface area contributed by atoms with E-state index in [1.165, 1.54) is 6.07 Å². The number of carbonyl (C=O) groups is 1. The van der Waals surface area contributed by atoms with E-state index >= 15 is 0 Å². The van der Waals surface area contributed by atoms with Gasteiger partial charge in [0.05, 0.1) is 24.7 Å². The first-order valence-corrected chi connectivity index (χ1v) is 10.4. The van der Waals surface area contributed by atoms with Gasteiger partial charge < -0.3 is 28.8 Å². The largest absolute Gasteiger partial charge is 0.573 e. The Hall–Kier alpha value is -3.01. The summed E-state index contributed by atoms with van der Waals surface area (Å²) >= 11 is 5.94. The van der Waals surface area contributed by atoms with Crippen LogP contribution < -0.4 is 18.9 Å². The van der Waals surface area contributed by atoms with Gasteiger partial charge in [0.2, 0.25) is 0 Å². The molecule has 0 bridgehead atoms. The summed E-state index contributed by atoms with van der Waals surface area (Å²) in [7, 11) is 0. The molecule has 0 radical (unpaired) electrons. The summed E-state index contributed by atoms with van der Waals surface area (Å²) in [6.07, 6.45) is -5.47. The van der Waals surface area contributed by atoms with Crippen molar-refractivity contribution < 1.29 is 46.8 Å². The fourth-order valence-electron chi connectivity index (χ4n) is 3.24. The van der Waals surface area contributed by atoms with Crippen molar-refractivity contribution in [3.63, 3.8) is 0 Å². The highest BCUT2D eigenvalue weighted by Gasteiger charge is 2.46. The van der Waals surface area contributed by atoms with E-state index in [-0.39, 0.29) is 29.7 Å². The first-order chi connectivity index (χ1) is 15.5. The molecule has 1 aliphatic rings. The Labute approximate surface area is 192 Å². The van der Waals surface area contributed by atoms with Crippen LogP contribution in [0.3, 0.4) is 0 Å². The van der Waals surface area contributed by atoms with Gasteiger partial charge in [0, 0.05) is 24.0 Å². The van der Waals surface area contributed by atoms with Crippen molar-refractivity contribution in [1.29, 1.82) is 0 Å². The number of benzene rings is 2. The van der Waals surface area contributed by atoms with Gasteiger partial charge >= 0.3 is 12.5 Å². The van der Waals surface area contributed by atoms with Gasteiger partial charge in [-0.25, -0.2) is 4.79 Å². The van der Waals surface area contributed by atoms with Crippen molar-refractivity contribution in [2.24, 2.45) is 5.92 Å². The molecule has 1 heterocycles. The topological polar surface area (TPSA) is 83.5 Å². The molecule has 3 rings (SSSR count). The molecule has 0 aliphatic carbocycles. The molecule has 33 heavy (non-hydrogen) atoms. The number of carboxylic acid groups (broad SMARTS) is 1. The van der Waals surface area contributed by atoms with Gasteiger partial charge in [0.25, 0.3) is 5.79 Å². The summed E-state index contributed by atoms with van der Waals surface area (Å²) in [5, 5.41) is 9.04. The van der Waals surface area contributed by atoms with E-state index < -0.39 is 24.1 Å². The number of alkyl halides is 3. The van der Waals surface area contributed by atoms with Crippen LogP contribution in [0, 0.1) is 5.92 Å². The lowest BCUT2D eigenvalue weighted by Crippen LogP contribution is -2.44. The minimum absolute atomic E-state index is 0.00601. The number of halogens is 4. The molecule has 2 aromatic rings. The van der Waals surface area contributed by atoms with E-state index in [0.717, 1.165) is 17.7 Å². The zero-order valence-electron chi connectivity index (χ0n) is 17.8. The maximum absolute atomic E-state index is 12.3. The van der Waals surface area contributed by atoms with Crippen LogP contribution in [0.2, 0.25) is 5.02 Å². The molecule has 0 fully saturated rings. The summed E-state index contributed by atoms with van der Waals surface area (Å²) in [5.41, 5.74) is 0.770. The smallest absolute Gasteiger partial charge is 0.493 e. The second-order valence-electron chi connectivity index (χ2n) is 7.57. The summed E-state index contributed by atoms with van der Waals surface area (Å²) in [4.78, 5) is 11.1. The minimum Gasteiger partial charge on any atom is -0.493 e. The number of ether oxygens (including phenoxy) is 5. The summed E-state index contributed by atoms with van der Waals surface area (Å²) in [6, 6.07) is 8.60. The Morgan fingerprint density at radius 2 is 1.85 bits per heavy atom. The SMILES string of the molecule is CC(C)[C@]1(OC(=O)O)Cc2cc(OCCCOc3ccc(OC(F)(F)F)cc3Cl)ccc2O1. The predicted molar refractivity (Wildman–Crippen MR) is 111 cm³/mol. The van der Waals surface area contributed by atoms with Crippen molar-refractivity contribution in [3.8, 4) is 23.0 Å². The fourth-order valence-corrected chi connectivity index (χ4v) is 3.47. The third-order valence-corrected chi connectivity index (χ3v) is 5.14. The number of rotatable bonds is 9. The fraction of sp³-hybridized carbons (Fsp3) is 0.409. The molecule has 0 saturated carbocycles. The van der Waals surface area contributed by atoms with E-state index in [1.54, 1.807) is 18.2 Å². The molecule has 0 spiro atoms. The van der Waals surface area contributed by atoms with Crippen molar-refractivity contribution >= 4 is 17.8 Å². The Balaban J connectivity index is 1.48. The molecule has 2 aromatic carbocycles. The lowest BCUT2D eigenvalue weighted by molar-refractivity contribution is -0.274. The summed E-state index contributed by atoms with van der Waals surface area (Å²) in [6.45, 7) is 4.15. The lowest BCUT2D eigenvalue weighted by atomic mass is 9.97. The molecule has 0 saturated heterocycles. The van der Waals surface area contributed by atoms with Crippen molar-refractivity contribution in [2.45, 2.75) is 38.8 Å². The van der Waals surface area contributed by atoms with Crippen LogP contribution in [0.25, 0.3) is 0 Å². The summed E-state index contributed by atoms with van der Waals surface area (Å²) in [5.74, 6) is -0.584. The van der Waals surface area contributed by atoms with Gasteiger partial charge in [-0.3, -0.25) is 0 Å². The zero-order chi connectivity index (χ0) is 24.2. The average Bonchev–Trinajstić information content (AvgIpc) is 3.06. The first-order valence-electron chi connectivity index (χ1n) is 10.0. The maximum Gasteiger partial charge on any atom is 0.573 e. The van der Waals surface area contributed by atoms with Crippen LogP contribution >= 0.6 is 11.6 Å². The maximum atomic E-state index is 12.3. The third-order valence-electron chi connectivity index (χ3n) is 4.84. The average molecular weight is 491 g/mol. The standard InChI is InChI=1S/C22H22ClF3O7/c1-13(2)21(33-20(27)28)12-14-10-15(4-6-18(14)32-21)29-8-3-9-30-19-7-5-16(11-17(19)23)31-22(24,25)26/h4-7,10-11,13H,3,8-9,12H2,1-2H3,(H,27,28)/t21-/m1/s1. The highest BCUT2D eigenvalue weighted by atomic mass is 35.5. The Morgan fingerprint density at radius 3 is 2.48 bits per heavy atom. The minimum atomic E-state index is -4.80. The van der Waals surface area contributed by atoms with Gasteiger partial charge in [0.15, 0.2) is 0 Å². The summed E-state index contributed by atoms with van der Waals surface area (Å²) < 4.78 is 62.6. The van der Waals surface area contributed by atoms with Gasteiger partial charge in [-0.2, -0.15) is 0 Å². The van der Waals surface area contributed by atoms with E-state index in [1.807, 2.05) is 13.8 Å². The molecule has 0 amide bonds. The molecule has 11 heteroatoms. The molecule has 0 aromatic heterocycles. The predicted octanol–water partition coefficient (Wildman–Crippen LogP) is 6.07. The number of fused-ring (bicyclic) bond motifs is 1. The number of hydrogen-bond donors (Lipinski definition) is 1.